The van der Waals surface area contributed by atoms with Crippen LogP contribution in [0.3, 0.4) is 0 Å². The maximum Gasteiger partial charge on any atom is 1.00 e. The van der Waals surface area contributed by atoms with Crippen LogP contribution in [0.4, 0.5) is 0 Å². The van der Waals surface area contributed by atoms with Gasteiger partial charge in [0.05, 0.1) is 5.85 Å². The van der Waals surface area contributed by atoms with E-state index in [-0.39, 0.29) is 118 Å². The summed E-state index contributed by atoms with van der Waals surface area (Å²) in [6, 6.07) is 0. The summed E-state index contributed by atoms with van der Waals surface area (Å²) >= 11 is 0. The van der Waals surface area contributed by atoms with Gasteiger partial charge in [-0.25, -0.2) is 0 Å². The molecule has 0 aromatic carbocycles. The van der Waals surface area contributed by atoms with Crippen LogP contribution in [0.1, 0.15) is 0 Å². The summed E-state index contributed by atoms with van der Waals surface area (Å²) < 4.78 is 18.2. The van der Waals surface area contributed by atoms with Crippen molar-refractivity contribution in [2.24, 2.45) is 5.73 Å². The first-order valence-electron chi connectivity index (χ1n) is 2.43. The molecule has 0 aromatic rings. The van der Waals surface area contributed by atoms with Crippen LogP contribution in [-0.2, 0) is 9.13 Å². The molecule has 3 N–H and O–H groups in total. The Hall–Kier alpha value is 4.09. The van der Waals surface area contributed by atoms with E-state index in [1.807, 2.05) is 0 Å². The number of aliphatic hydroxyl groups excluding tert-OH is 1. The van der Waals surface area contributed by atoms with Crippen molar-refractivity contribution in [3.05, 3.63) is 0 Å². The molecule has 16 heavy (non-hydrogen) atoms. The Kier molecular flexibility index (Phi) is 49.3. The van der Waals surface area contributed by atoms with Crippen LogP contribution in [-0.4, -0.2) is 17.5 Å². The van der Waals surface area contributed by atoms with Gasteiger partial charge in [-0.1, -0.05) is 4.57 Å². The average molecular weight is 310 g/mol. The van der Waals surface area contributed by atoms with Crippen molar-refractivity contribution in [2.75, 3.05) is 6.54 Å². The molecule has 0 radical (unpaired) electrons. The number of hydrogen-bond donors (Lipinski definition) is 2. The smallest absolute Gasteiger partial charge is 0.809 e. The molecule has 14 heteroatoms. The van der Waals surface area contributed by atoms with Gasteiger partial charge in [0.1, 0.15) is 0 Å². The first-order chi connectivity index (χ1) is 5.21. The zero-order valence-electron chi connectivity index (χ0n) is 9.65. The van der Waals surface area contributed by atoms with Crippen molar-refractivity contribution in [3.8, 4) is 0 Å². The Morgan fingerprint density at radius 1 is 1.19 bits per heavy atom. The largest absolute Gasteiger partial charge is 1.00 e. The predicted octanol–water partition coefficient (Wildman–Crippen LogP) is -16.4. The standard InChI is InChI=1S/C2H8NO4P.4Na.HO3P/c3-1-2(4)8(5,6)7;;;;;1-4(2)3/h2,4H,1,3H2,(H2,5,6,7);;;;;(H,1,2,3)/q;4*+1;/p-3. The maximum atomic E-state index is 9.70. The van der Waals surface area contributed by atoms with Crippen LogP contribution in [0.5, 0.6) is 0 Å². The molecule has 0 saturated carbocycles. The van der Waals surface area contributed by atoms with Crippen molar-refractivity contribution in [1.82, 2.24) is 0 Å². The molecule has 1 atom stereocenters. The fraction of sp³-hybridized carbons (Fsp3) is 1.00. The Morgan fingerprint density at radius 2 is 1.38 bits per heavy atom. The maximum absolute atomic E-state index is 9.70. The topological polar surface area (TPSA) is 173 Å². The summed E-state index contributed by atoms with van der Waals surface area (Å²) in [7, 11) is -8.20. The van der Waals surface area contributed by atoms with Gasteiger partial charge in [0.25, 0.3) is 8.25 Å². The number of hydrogen-bond acceptors (Lipinski definition) is 8. The molecule has 0 amide bonds. The van der Waals surface area contributed by atoms with E-state index in [9.17, 15) is 14.4 Å². The normalized spacial score (nSPS) is 9.62. The quantitative estimate of drug-likeness (QED) is 0.373. The second kappa shape index (κ2) is 21.4. The van der Waals surface area contributed by atoms with Crippen LogP contribution in [0.2, 0.25) is 0 Å². The van der Waals surface area contributed by atoms with Crippen molar-refractivity contribution in [3.63, 3.8) is 0 Å². The molecular formula is C2H6NNa4O7P2+. The predicted molar refractivity (Wildman–Crippen MR) is 30.3 cm³/mol. The zero-order chi connectivity index (χ0) is 10.4. The summed E-state index contributed by atoms with van der Waals surface area (Å²) in [5.41, 5.74) is 4.64. The van der Waals surface area contributed by atoms with Gasteiger partial charge in [-0.3, -0.25) is 0 Å². The molecule has 0 saturated heterocycles. The number of rotatable bonds is 2. The third-order valence-electron chi connectivity index (χ3n) is 0.576. The molecular weight excluding hydrogens is 304 g/mol. The van der Waals surface area contributed by atoms with Crippen LogP contribution >= 0.6 is 15.9 Å². The molecule has 0 aliphatic heterocycles. The van der Waals surface area contributed by atoms with Crippen LogP contribution in [0.15, 0.2) is 0 Å². The van der Waals surface area contributed by atoms with Crippen LogP contribution in [0, 0.1) is 0 Å². The molecule has 0 aromatic heterocycles. The Balaban J connectivity index is -0.0000000281. The molecule has 0 bridgehead atoms. The van der Waals surface area contributed by atoms with Gasteiger partial charge >= 0.3 is 118 Å². The van der Waals surface area contributed by atoms with Gasteiger partial charge in [0.15, 0.2) is 0 Å². The minimum Gasteiger partial charge on any atom is -0.809 e. The third-order valence-corrected chi connectivity index (χ3v) is 1.52. The van der Waals surface area contributed by atoms with Gasteiger partial charge in [-0.2, -0.15) is 0 Å². The fourth-order valence-electron chi connectivity index (χ4n) is 0.129. The number of aliphatic hydroxyl groups is 1. The summed E-state index contributed by atoms with van der Waals surface area (Å²) in [6.45, 7) is -0.537. The van der Waals surface area contributed by atoms with Crippen molar-refractivity contribution < 1.29 is 152 Å². The van der Waals surface area contributed by atoms with Gasteiger partial charge in [0, 0.05) is 6.54 Å². The van der Waals surface area contributed by atoms with E-state index in [2.05, 4.69) is 5.73 Å². The van der Waals surface area contributed by atoms with E-state index in [1.165, 1.54) is 0 Å². The third kappa shape index (κ3) is 36.1. The van der Waals surface area contributed by atoms with Crippen LogP contribution in [0.25, 0.3) is 0 Å². The summed E-state index contributed by atoms with van der Waals surface area (Å²) in [4.78, 5) is 36.4. The van der Waals surface area contributed by atoms with E-state index in [1.54, 1.807) is 0 Å². The average Bonchev–Trinajstić information content (AvgIpc) is 1.82. The van der Waals surface area contributed by atoms with Crippen molar-refractivity contribution in [1.29, 1.82) is 0 Å². The summed E-state index contributed by atoms with van der Waals surface area (Å²) in [6.07, 6.45) is 0. The molecule has 0 spiro atoms. The molecule has 0 rings (SSSR count). The van der Waals surface area contributed by atoms with Gasteiger partial charge < -0.3 is 35.0 Å². The van der Waals surface area contributed by atoms with Gasteiger partial charge in [-0.15, -0.1) is 0 Å². The second-order valence-corrected chi connectivity index (χ2v) is 3.60. The van der Waals surface area contributed by atoms with E-state index < -0.39 is 28.2 Å². The minimum absolute atomic E-state index is 0. The Morgan fingerprint density at radius 3 is 1.38 bits per heavy atom. The van der Waals surface area contributed by atoms with Crippen molar-refractivity contribution >= 4 is 15.9 Å². The molecule has 8 nitrogen and oxygen atoms in total. The van der Waals surface area contributed by atoms with Gasteiger partial charge in [0.2, 0.25) is 0 Å². The first-order valence-corrected chi connectivity index (χ1v) is 5.14. The summed E-state index contributed by atoms with van der Waals surface area (Å²) in [5, 5.41) is 8.18. The Bertz CT molecular complexity index is 185. The molecule has 0 heterocycles. The van der Waals surface area contributed by atoms with Gasteiger partial charge in [-0.05, 0) is 7.60 Å². The molecule has 0 aliphatic rings. The molecule has 0 aliphatic carbocycles. The Labute approximate surface area is 182 Å². The fourth-order valence-corrected chi connectivity index (χ4v) is 0.387. The molecule has 74 valence electrons. The molecule has 1 unspecified atom stereocenters. The van der Waals surface area contributed by atoms with Crippen LogP contribution < -0.4 is 144 Å². The second-order valence-electron chi connectivity index (χ2n) is 1.48. The number of nitrogens with two attached hydrogens (primary N) is 1. The first kappa shape index (κ1) is 36.9. The van der Waals surface area contributed by atoms with E-state index in [4.69, 9.17) is 19.5 Å². The summed E-state index contributed by atoms with van der Waals surface area (Å²) in [5.74, 6) is -1.93. The zero-order valence-corrected chi connectivity index (χ0v) is 19.4. The monoisotopic (exact) mass is 310 g/mol. The van der Waals surface area contributed by atoms with Crippen molar-refractivity contribution in [2.45, 2.75) is 5.85 Å². The SMILES string of the molecule is NCC(O)P(=O)([O-])[O-].O=[P+]([O-])[O-].[Na+].[Na+].[Na+].[Na+]. The minimum atomic E-state index is -4.83. The van der Waals surface area contributed by atoms with E-state index in [0.29, 0.717) is 0 Å². The van der Waals surface area contributed by atoms with E-state index in [0.717, 1.165) is 0 Å². The molecule has 0 fully saturated rings. The van der Waals surface area contributed by atoms with E-state index >= 15 is 0 Å².